The molecule has 0 radical (unpaired) electrons. The molecule has 0 bridgehead atoms. The predicted octanol–water partition coefficient (Wildman–Crippen LogP) is 3.74. The van der Waals surface area contributed by atoms with Crippen LogP contribution in [0.3, 0.4) is 0 Å². The smallest absolute Gasteiger partial charge is 0.317 e. The standard InChI is InChI=1S/C15H15F5O3/c1-3-6-4-5-7(22-2)8(6)15(21)23-14-12(19)10(17)9(16)11(18)13(14)20/h6-8H,3-5H2,1-2H3. The molecule has 128 valence electrons. The van der Waals surface area contributed by atoms with Gasteiger partial charge in [-0.15, -0.1) is 0 Å². The third kappa shape index (κ3) is 3.04. The van der Waals surface area contributed by atoms with Gasteiger partial charge in [0.15, 0.2) is 0 Å². The Balaban J connectivity index is 2.34. The van der Waals surface area contributed by atoms with Crippen molar-refractivity contribution in [3.8, 4) is 5.75 Å². The lowest BCUT2D eigenvalue weighted by Gasteiger charge is -2.21. The van der Waals surface area contributed by atoms with E-state index in [9.17, 15) is 26.7 Å². The first kappa shape index (κ1) is 17.7. The minimum absolute atomic E-state index is 0.145. The van der Waals surface area contributed by atoms with Crippen LogP contribution in [0.1, 0.15) is 26.2 Å². The van der Waals surface area contributed by atoms with Crippen molar-refractivity contribution in [3.05, 3.63) is 29.1 Å². The van der Waals surface area contributed by atoms with Crippen molar-refractivity contribution in [3.63, 3.8) is 0 Å². The van der Waals surface area contributed by atoms with E-state index in [1.54, 1.807) is 0 Å². The molecule has 0 aliphatic heterocycles. The lowest BCUT2D eigenvalue weighted by molar-refractivity contribution is -0.144. The summed E-state index contributed by atoms with van der Waals surface area (Å²) in [7, 11) is 1.38. The number of esters is 1. The minimum Gasteiger partial charge on any atom is -0.420 e. The van der Waals surface area contributed by atoms with Gasteiger partial charge >= 0.3 is 5.97 Å². The van der Waals surface area contributed by atoms with E-state index in [1.807, 2.05) is 6.92 Å². The summed E-state index contributed by atoms with van der Waals surface area (Å²) in [6.45, 7) is 1.82. The molecule has 1 aromatic rings. The van der Waals surface area contributed by atoms with Crippen LogP contribution in [0.4, 0.5) is 22.0 Å². The molecule has 1 aliphatic rings. The molecule has 23 heavy (non-hydrogen) atoms. The van der Waals surface area contributed by atoms with Crippen LogP contribution in [0.5, 0.6) is 5.75 Å². The van der Waals surface area contributed by atoms with Gasteiger partial charge in [-0.2, -0.15) is 8.78 Å². The number of ether oxygens (including phenoxy) is 2. The number of halogens is 5. The SMILES string of the molecule is CCC1CCC(OC)C1C(=O)Oc1c(F)c(F)c(F)c(F)c1F. The highest BCUT2D eigenvalue weighted by atomic mass is 19.2. The van der Waals surface area contributed by atoms with Crippen molar-refractivity contribution < 1.29 is 36.2 Å². The monoisotopic (exact) mass is 338 g/mol. The zero-order valence-corrected chi connectivity index (χ0v) is 12.5. The molecule has 3 atom stereocenters. The van der Waals surface area contributed by atoms with Crippen molar-refractivity contribution in [1.82, 2.24) is 0 Å². The van der Waals surface area contributed by atoms with Crippen LogP contribution < -0.4 is 4.74 Å². The fraction of sp³-hybridized carbons (Fsp3) is 0.533. The summed E-state index contributed by atoms with van der Waals surface area (Å²) in [4.78, 5) is 12.2. The predicted molar refractivity (Wildman–Crippen MR) is 69.2 cm³/mol. The van der Waals surface area contributed by atoms with Gasteiger partial charge in [-0.05, 0) is 18.8 Å². The number of carbonyl (C=O) groups is 1. The Morgan fingerprint density at radius 1 is 1.00 bits per heavy atom. The molecule has 0 spiro atoms. The van der Waals surface area contributed by atoms with Crippen molar-refractivity contribution in [2.24, 2.45) is 11.8 Å². The van der Waals surface area contributed by atoms with Gasteiger partial charge in [0.25, 0.3) is 0 Å². The lowest BCUT2D eigenvalue weighted by Crippen LogP contribution is -2.33. The van der Waals surface area contributed by atoms with E-state index in [1.165, 1.54) is 7.11 Å². The summed E-state index contributed by atoms with van der Waals surface area (Å²) in [6.07, 6.45) is 1.27. The summed E-state index contributed by atoms with van der Waals surface area (Å²) in [5, 5.41) is 0. The molecule has 0 heterocycles. The zero-order chi connectivity index (χ0) is 17.3. The van der Waals surface area contributed by atoms with E-state index >= 15 is 0 Å². The summed E-state index contributed by atoms with van der Waals surface area (Å²) < 4.78 is 76.1. The topological polar surface area (TPSA) is 35.5 Å². The molecule has 1 fully saturated rings. The molecule has 8 heteroatoms. The highest BCUT2D eigenvalue weighted by Gasteiger charge is 2.42. The quantitative estimate of drug-likeness (QED) is 0.276. The van der Waals surface area contributed by atoms with E-state index in [0.717, 1.165) is 0 Å². The second kappa shape index (κ2) is 6.82. The number of rotatable bonds is 4. The van der Waals surface area contributed by atoms with Gasteiger partial charge in [0.05, 0.1) is 12.0 Å². The maximum absolute atomic E-state index is 13.6. The van der Waals surface area contributed by atoms with Gasteiger partial charge in [0.2, 0.25) is 34.8 Å². The molecule has 3 unspecified atom stereocenters. The van der Waals surface area contributed by atoms with Crippen LogP contribution in [0, 0.1) is 40.9 Å². The average molecular weight is 338 g/mol. The van der Waals surface area contributed by atoms with Gasteiger partial charge in [0.1, 0.15) is 0 Å². The van der Waals surface area contributed by atoms with Crippen LogP contribution >= 0.6 is 0 Å². The Labute approximate surface area is 129 Å². The molecule has 0 saturated heterocycles. The first-order valence-electron chi connectivity index (χ1n) is 7.09. The van der Waals surface area contributed by atoms with E-state index < -0.39 is 52.8 Å². The Bertz CT molecular complexity index is 579. The minimum atomic E-state index is -2.30. The molecule has 0 aromatic heterocycles. The van der Waals surface area contributed by atoms with E-state index in [2.05, 4.69) is 4.74 Å². The molecule has 0 N–H and O–H groups in total. The fourth-order valence-electron chi connectivity index (χ4n) is 2.95. The lowest BCUT2D eigenvalue weighted by atomic mass is 9.92. The number of hydrogen-bond acceptors (Lipinski definition) is 3. The number of carbonyl (C=O) groups excluding carboxylic acids is 1. The molecule has 0 amide bonds. The molecular weight excluding hydrogens is 323 g/mol. The van der Waals surface area contributed by atoms with Gasteiger partial charge in [-0.25, -0.2) is 13.2 Å². The van der Waals surface area contributed by atoms with Crippen LogP contribution in [0.25, 0.3) is 0 Å². The Morgan fingerprint density at radius 3 is 2.00 bits per heavy atom. The normalized spacial score (nSPS) is 24.0. The van der Waals surface area contributed by atoms with Crippen LogP contribution in [-0.4, -0.2) is 19.2 Å². The third-order valence-electron chi connectivity index (χ3n) is 4.20. The largest absolute Gasteiger partial charge is 0.420 e. The van der Waals surface area contributed by atoms with Crippen molar-refractivity contribution in [2.75, 3.05) is 7.11 Å². The number of hydrogen-bond donors (Lipinski definition) is 0. The zero-order valence-electron chi connectivity index (χ0n) is 12.5. The fourth-order valence-corrected chi connectivity index (χ4v) is 2.95. The summed E-state index contributed by atoms with van der Waals surface area (Å²) in [5.74, 6) is -14.6. The molecule has 1 aliphatic carbocycles. The van der Waals surface area contributed by atoms with E-state index in [-0.39, 0.29) is 5.92 Å². The highest BCUT2D eigenvalue weighted by molar-refractivity contribution is 5.76. The van der Waals surface area contributed by atoms with Crippen molar-refractivity contribution in [1.29, 1.82) is 0 Å². The molecule has 1 aromatic carbocycles. The highest BCUT2D eigenvalue weighted by Crippen LogP contribution is 2.38. The van der Waals surface area contributed by atoms with Gasteiger partial charge in [-0.1, -0.05) is 13.3 Å². The third-order valence-corrected chi connectivity index (χ3v) is 4.20. The summed E-state index contributed by atoms with van der Waals surface area (Å²) in [5.41, 5.74) is 0. The Kier molecular flexibility index (Phi) is 5.23. The van der Waals surface area contributed by atoms with E-state index in [4.69, 9.17) is 4.74 Å². The Morgan fingerprint density at radius 2 is 1.52 bits per heavy atom. The summed E-state index contributed by atoms with van der Waals surface area (Å²) >= 11 is 0. The molecular formula is C15H15F5O3. The first-order chi connectivity index (χ1) is 10.8. The van der Waals surface area contributed by atoms with Crippen LogP contribution in [-0.2, 0) is 9.53 Å². The maximum Gasteiger partial charge on any atom is 0.317 e. The van der Waals surface area contributed by atoms with Gasteiger partial charge < -0.3 is 9.47 Å². The number of methoxy groups -OCH3 is 1. The molecule has 3 nitrogen and oxygen atoms in total. The Hall–Kier alpha value is -1.70. The maximum atomic E-state index is 13.6. The van der Waals surface area contributed by atoms with Crippen molar-refractivity contribution >= 4 is 5.97 Å². The van der Waals surface area contributed by atoms with Crippen molar-refractivity contribution in [2.45, 2.75) is 32.3 Å². The van der Waals surface area contributed by atoms with Crippen LogP contribution in [0.15, 0.2) is 0 Å². The second-order valence-electron chi connectivity index (χ2n) is 5.37. The van der Waals surface area contributed by atoms with Gasteiger partial charge in [0, 0.05) is 7.11 Å². The van der Waals surface area contributed by atoms with E-state index in [0.29, 0.717) is 19.3 Å². The summed E-state index contributed by atoms with van der Waals surface area (Å²) in [6, 6.07) is 0. The van der Waals surface area contributed by atoms with Gasteiger partial charge in [-0.3, -0.25) is 4.79 Å². The average Bonchev–Trinajstić information content (AvgIpc) is 2.98. The second-order valence-corrected chi connectivity index (χ2v) is 5.37. The molecule has 2 rings (SSSR count). The first-order valence-corrected chi connectivity index (χ1v) is 7.09. The molecule has 1 saturated carbocycles. The number of benzene rings is 1. The van der Waals surface area contributed by atoms with Crippen LogP contribution in [0.2, 0.25) is 0 Å².